The summed E-state index contributed by atoms with van der Waals surface area (Å²) < 4.78 is 7.24. The van der Waals surface area contributed by atoms with Crippen LogP contribution in [0.1, 0.15) is 23.7 Å². The van der Waals surface area contributed by atoms with Crippen molar-refractivity contribution < 1.29 is 4.74 Å². The number of nitrogens with two attached hydrogens (primary N) is 1. The van der Waals surface area contributed by atoms with Gasteiger partial charge >= 0.3 is 0 Å². The molecule has 1 heterocycles. The Balaban J connectivity index is 2.14. The van der Waals surface area contributed by atoms with Gasteiger partial charge in [-0.05, 0) is 31.0 Å². The van der Waals surface area contributed by atoms with Crippen molar-refractivity contribution in [1.82, 2.24) is 15.2 Å². The Morgan fingerprint density at radius 1 is 1.45 bits per heavy atom. The molecule has 0 bridgehead atoms. The van der Waals surface area contributed by atoms with E-state index in [1.165, 1.54) is 0 Å². The molecule has 3 N–H and O–H groups in total. The minimum absolute atomic E-state index is 0.00267. The van der Waals surface area contributed by atoms with Crippen LogP contribution < -0.4 is 16.0 Å². The molecule has 0 aliphatic heterocycles. The van der Waals surface area contributed by atoms with Crippen molar-refractivity contribution in [2.45, 2.75) is 18.9 Å². The normalized spacial score (nSPS) is 12.4. The quantitative estimate of drug-likeness (QED) is 0.633. The minimum atomic E-state index is -0.00267. The van der Waals surface area contributed by atoms with E-state index in [1.54, 1.807) is 19.4 Å². The van der Waals surface area contributed by atoms with Gasteiger partial charge in [0.25, 0.3) is 0 Å². The highest BCUT2D eigenvalue weighted by Gasteiger charge is 2.16. The second kappa shape index (κ2) is 6.74. The van der Waals surface area contributed by atoms with E-state index in [0.717, 1.165) is 29.8 Å². The molecule has 6 heteroatoms. The zero-order valence-electron chi connectivity index (χ0n) is 11.6. The maximum atomic E-state index is 5.98. The van der Waals surface area contributed by atoms with Gasteiger partial charge in [-0.15, -0.1) is 0 Å². The Morgan fingerprint density at radius 2 is 2.25 bits per heavy atom. The fourth-order valence-electron chi connectivity index (χ4n) is 2.24. The van der Waals surface area contributed by atoms with Gasteiger partial charge in [0.1, 0.15) is 5.75 Å². The third-order valence-corrected chi connectivity index (χ3v) is 3.62. The second-order valence-electron chi connectivity index (χ2n) is 4.59. The number of rotatable bonds is 6. The van der Waals surface area contributed by atoms with Crippen molar-refractivity contribution in [3.63, 3.8) is 0 Å². The van der Waals surface area contributed by atoms with E-state index in [9.17, 15) is 0 Å². The van der Waals surface area contributed by atoms with Crippen LogP contribution in [0.5, 0.6) is 5.75 Å². The molecule has 0 spiro atoms. The number of aromatic nitrogens is 2. The van der Waals surface area contributed by atoms with Gasteiger partial charge in [-0.3, -0.25) is 16.0 Å². The molecule has 5 nitrogen and oxygen atoms in total. The highest BCUT2D eigenvalue weighted by atomic mass is 35.5. The van der Waals surface area contributed by atoms with E-state index >= 15 is 0 Å². The third kappa shape index (κ3) is 3.30. The number of halogens is 1. The molecule has 0 saturated heterocycles. The van der Waals surface area contributed by atoms with E-state index in [4.69, 9.17) is 22.2 Å². The van der Waals surface area contributed by atoms with Crippen molar-refractivity contribution in [3.8, 4) is 5.75 Å². The summed E-state index contributed by atoms with van der Waals surface area (Å²) in [5, 5.41) is 4.81. The first-order valence-corrected chi connectivity index (χ1v) is 6.80. The summed E-state index contributed by atoms with van der Waals surface area (Å²) in [5.74, 6) is 6.42. The molecular formula is C14H19ClN4O. The predicted molar refractivity (Wildman–Crippen MR) is 79.6 cm³/mol. The molecule has 20 heavy (non-hydrogen) atoms. The van der Waals surface area contributed by atoms with E-state index < -0.39 is 0 Å². The van der Waals surface area contributed by atoms with Crippen LogP contribution in [0.25, 0.3) is 0 Å². The molecule has 0 radical (unpaired) electrons. The Bertz CT molecular complexity index is 570. The Labute approximate surface area is 123 Å². The van der Waals surface area contributed by atoms with E-state index in [-0.39, 0.29) is 6.04 Å². The first-order valence-electron chi connectivity index (χ1n) is 6.42. The van der Waals surface area contributed by atoms with Crippen molar-refractivity contribution >= 4 is 11.6 Å². The standard InChI is InChI=1S/C14H19ClN4O/c1-19-11(7-8-17-19)4-6-13(18-16)12-5-3-10(15)9-14(12)20-2/h3,5,7-9,13,18H,4,6,16H2,1-2H3. The molecule has 0 saturated carbocycles. The van der Waals surface area contributed by atoms with Crippen LogP contribution >= 0.6 is 11.6 Å². The highest BCUT2D eigenvalue weighted by molar-refractivity contribution is 6.30. The van der Waals surface area contributed by atoms with Crippen LogP contribution in [-0.4, -0.2) is 16.9 Å². The summed E-state index contributed by atoms with van der Waals surface area (Å²) in [6.45, 7) is 0. The van der Waals surface area contributed by atoms with Gasteiger partial charge in [0.2, 0.25) is 0 Å². The average molecular weight is 295 g/mol. The number of nitrogens with one attached hydrogen (secondary N) is 1. The lowest BCUT2D eigenvalue weighted by atomic mass is 10.0. The number of benzene rings is 1. The van der Waals surface area contributed by atoms with Gasteiger partial charge < -0.3 is 4.74 Å². The molecule has 2 rings (SSSR count). The second-order valence-corrected chi connectivity index (χ2v) is 5.03. The number of ether oxygens (including phenoxy) is 1. The molecule has 1 unspecified atom stereocenters. The van der Waals surface area contributed by atoms with Crippen molar-refractivity contribution in [1.29, 1.82) is 0 Å². The van der Waals surface area contributed by atoms with Crippen LogP contribution in [-0.2, 0) is 13.5 Å². The lowest BCUT2D eigenvalue weighted by molar-refractivity contribution is 0.395. The lowest BCUT2D eigenvalue weighted by Gasteiger charge is -2.19. The molecule has 0 aliphatic carbocycles. The number of hydrazine groups is 1. The van der Waals surface area contributed by atoms with Crippen LogP contribution in [0.15, 0.2) is 30.5 Å². The zero-order valence-corrected chi connectivity index (χ0v) is 12.4. The zero-order chi connectivity index (χ0) is 14.5. The Hall–Kier alpha value is -1.56. The molecule has 1 atom stereocenters. The van der Waals surface area contributed by atoms with Crippen LogP contribution in [0.4, 0.5) is 0 Å². The van der Waals surface area contributed by atoms with Crippen LogP contribution in [0.3, 0.4) is 0 Å². The number of hydrogen-bond acceptors (Lipinski definition) is 4. The summed E-state index contributed by atoms with van der Waals surface area (Å²) in [6, 6.07) is 7.58. The number of aryl methyl sites for hydroxylation is 2. The van der Waals surface area contributed by atoms with Gasteiger partial charge in [0, 0.05) is 35.6 Å². The van der Waals surface area contributed by atoms with Gasteiger partial charge in [-0.2, -0.15) is 5.10 Å². The Kier molecular flexibility index (Phi) is 5.00. The van der Waals surface area contributed by atoms with Crippen molar-refractivity contribution in [3.05, 3.63) is 46.7 Å². The molecule has 2 aromatic rings. The summed E-state index contributed by atoms with van der Waals surface area (Å²) >= 11 is 5.98. The maximum absolute atomic E-state index is 5.98. The average Bonchev–Trinajstić information content (AvgIpc) is 2.86. The SMILES string of the molecule is COc1cc(Cl)ccc1C(CCc1ccnn1C)NN. The molecule has 1 aromatic carbocycles. The molecule has 0 aliphatic rings. The first kappa shape index (κ1) is 14.8. The van der Waals surface area contributed by atoms with Gasteiger partial charge in [0.15, 0.2) is 0 Å². The number of nitrogens with zero attached hydrogens (tertiary/aromatic N) is 2. The summed E-state index contributed by atoms with van der Waals surface area (Å²) in [6.07, 6.45) is 3.51. The highest BCUT2D eigenvalue weighted by Crippen LogP contribution is 2.30. The van der Waals surface area contributed by atoms with Crippen molar-refractivity contribution in [2.75, 3.05) is 7.11 Å². The van der Waals surface area contributed by atoms with Crippen LogP contribution in [0.2, 0.25) is 5.02 Å². The van der Waals surface area contributed by atoms with E-state index in [0.29, 0.717) is 5.02 Å². The molecule has 0 amide bonds. The molecule has 0 fully saturated rings. The Morgan fingerprint density at radius 3 is 2.85 bits per heavy atom. The number of hydrogen-bond donors (Lipinski definition) is 2. The van der Waals surface area contributed by atoms with Gasteiger partial charge in [0.05, 0.1) is 7.11 Å². The summed E-state index contributed by atoms with van der Waals surface area (Å²) in [4.78, 5) is 0. The third-order valence-electron chi connectivity index (χ3n) is 3.38. The largest absolute Gasteiger partial charge is 0.496 e. The van der Waals surface area contributed by atoms with E-state index in [1.807, 2.05) is 29.9 Å². The smallest absolute Gasteiger partial charge is 0.125 e. The predicted octanol–water partition coefficient (Wildman–Crippen LogP) is 2.22. The van der Waals surface area contributed by atoms with Crippen molar-refractivity contribution in [2.24, 2.45) is 12.9 Å². The topological polar surface area (TPSA) is 65.1 Å². The van der Waals surface area contributed by atoms with Crippen LogP contribution in [0, 0.1) is 0 Å². The van der Waals surface area contributed by atoms with Gasteiger partial charge in [-0.25, -0.2) is 0 Å². The first-order chi connectivity index (χ1) is 9.65. The maximum Gasteiger partial charge on any atom is 0.125 e. The fourth-order valence-corrected chi connectivity index (χ4v) is 2.40. The summed E-state index contributed by atoms with van der Waals surface area (Å²) in [7, 11) is 3.56. The monoisotopic (exact) mass is 294 g/mol. The summed E-state index contributed by atoms with van der Waals surface area (Å²) in [5.41, 5.74) is 5.01. The lowest BCUT2D eigenvalue weighted by Crippen LogP contribution is -2.29. The fraction of sp³-hybridized carbons (Fsp3) is 0.357. The minimum Gasteiger partial charge on any atom is -0.496 e. The molecular weight excluding hydrogens is 276 g/mol. The van der Waals surface area contributed by atoms with E-state index in [2.05, 4.69) is 10.5 Å². The van der Waals surface area contributed by atoms with Gasteiger partial charge in [-0.1, -0.05) is 17.7 Å². The molecule has 108 valence electrons. The number of methoxy groups -OCH3 is 1. The molecule has 1 aromatic heterocycles.